The lowest BCUT2D eigenvalue weighted by Crippen LogP contribution is -2.41. The lowest BCUT2D eigenvalue weighted by atomic mass is 10.0. The van der Waals surface area contributed by atoms with Gasteiger partial charge in [0.1, 0.15) is 5.82 Å². The fourth-order valence-electron chi connectivity index (χ4n) is 2.71. The maximum Gasteiger partial charge on any atom is 0.128 e. The molecule has 0 aromatic heterocycles. The summed E-state index contributed by atoms with van der Waals surface area (Å²) in [5, 5.41) is 15.8. The summed E-state index contributed by atoms with van der Waals surface area (Å²) in [4.78, 5) is 0. The van der Waals surface area contributed by atoms with Gasteiger partial charge in [-0.25, -0.2) is 4.39 Å². The van der Waals surface area contributed by atoms with Crippen molar-refractivity contribution in [2.45, 2.75) is 37.8 Å². The molecule has 2 atom stereocenters. The molecule has 1 aromatic carbocycles. The van der Waals surface area contributed by atoms with Crippen LogP contribution in [0.15, 0.2) is 18.2 Å². The second-order valence-corrected chi connectivity index (χ2v) is 6.58. The minimum Gasteiger partial charge on any atom is -0.395 e. The number of aliphatic hydroxyl groups excluding tert-OH is 1. The Bertz CT molecular complexity index is 461. The molecular formula is C16H26FN3OS. The largest absolute Gasteiger partial charge is 0.395 e. The van der Waals surface area contributed by atoms with Gasteiger partial charge in [0.25, 0.3) is 0 Å². The Balaban J connectivity index is 1.94. The van der Waals surface area contributed by atoms with E-state index in [2.05, 4.69) is 15.4 Å². The second-order valence-electron chi connectivity index (χ2n) is 5.65. The molecule has 6 heteroatoms. The third-order valence-corrected chi connectivity index (χ3v) is 5.05. The van der Waals surface area contributed by atoms with E-state index in [1.165, 1.54) is 6.07 Å². The summed E-state index contributed by atoms with van der Waals surface area (Å²) in [6.45, 7) is 0.968. The van der Waals surface area contributed by atoms with E-state index in [0.717, 1.165) is 42.8 Å². The van der Waals surface area contributed by atoms with Gasteiger partial charge in [0.2, 0.25) is 0 Å². The van der Waals surface area contributed by atoms with Crippen molar-refractivity contribution in [2.75, 3.05) is 31.3 Å². The van der Waals surface area contributed by atoms with Crippen molar-refractivity contribution >= 4 is 17.6 Å². The third kappa shape index (κ3) is 5.12. The first-order valence-corrected chi connectivity index (χ1v) is 8.90. The molecule has 4 N–H and O–H groups in total. The van der Waals surface area contributed by atoms with Gasteiger partial charge in [0, 0.05) is 42.7 Å². The first kappa shape index (κ1) is 17.5. The average Bonchev–Trinajstić information content (AvgIpc) is 2.65. The van der Waals surface area contributed by atoms with Gasteiger partial charge in [-0.05, 0) is 37.8 Å². The summed E-state index contributed by atoms with van der Waals surface area (Å²) >= 11 is 1.73. The highest BCUT2D eigenvalue weighted by Gasteiger charge is 2.16. The number of anilines is 1. The van der Waals surface area contributed by atoms with Gasteiger partial charge in [-0.15, -0.1) is 0 Å². The van der Waals surface area contributed by atoms with Crippen LogP contribution in [0.5, 0.6) is 0 Å². The minimum absolute atomic E-state index is 0.149. The molecule has 4 nitrogen and oxygen atoms in total. The van der Waals surface area contributed by atoms with Crippen molar-refractivity contribution in [3.8, 4) is 0 Å². The molecule has 22 heavy (non-hydrogen) atoms. The summed E-state index contributed by atoms with van der Waals surface area (Å²) in [5.74, 6) is 0.889. The van der Waals surface area contributed by atoms with Gasteiger partial charge in [0.05, 0.1) is 6.61 Å². The van der Waals surface area contributed by atoms with Gasteiger partial charge in [-0.2, -0.15) is 0 Å². The van der Waals surface area contributed by atoms with Crippen LogP contribution in [0.3, 0.4) is 0 Å². The summed E-state index contributed by atoms with van der Waals surface area (Å²) in [7, 11) is 1.82. The first-order valence-electron chi connectivity index (χ1n) is 7.91. The molecule has 0 saturated carbocycles. The molecule has 1 fully saturated rings. The lowest BCUT2D eigenvalue weighted by molar-refractivity contribution is 0.233. The van der Waals surface area contributed by atoms with Crippen LogP contribution in [0.1, 0.15) is 24.8 Å². The molecule has 0 spiro atoms. The highest BCUT2D eigenvalue weighted by molar-refractivity contribution is 7.97. The number of benzene rings is 1. The number of hydrogen-bond acceptors (Lipinski definition) is 5. The highest BCUT2D eigenvalue weighted by Crippen LogP contribution is 2.21. The Morgan fingerprint density at radius 2 is 2.27 bits per heavy atom. The Morgan fingerprint density at radius 1 is 1.41 bits per heavy atom. The van der Waals surface area contributed by atoms with E-state index in [4.69, 9.17) is 0 Å². The van der Waals surface area contributed by atoms with Crippen LogP contribution < -0.4 is 15.4 Å². The predicted molar refractivity (Wildman–Crippen MR) is 91.8 cm³/mol. The monoisotopic (exact) mass is 327 g/mol. The summed E-state index contributed by atoms with van der Waals surface area (Å²) < 4.78 is 17.5. The second kappa shape index (κ2) is 9.35. The Kier molecular flexibility index (Phi) is 7.45. The van der Waals surface area contributed by atoms with Crippen LogP contribution in [-0.2, 0) is 6.42 Å². The molecule has 1 saturated heterocycles. The molecule has 1 aromatic rings. The van der Waals surface area contributed by atoms with Crippen LogP contribution in [0.2, 0.25) is 0 Å². The van der Waals surface area contributed by atoms with Crippen molar-refractivity contribution in [3.63, 3.8) is 0 Å². The van der Waals surface area contributed by atoms with Gasteiger partial charge < -0.3 is 15.7 Å². The quantitative estimate of drug-likeness (QED) is 0.625. The number of aliphatic hydroxyl groups is 1. The van der Waals surface area contributed by atoms with Crippen LogP contribution >= 0.6 is 11.9 Å². The zero-order chi connectivity index (χ0) is 15.8. The fourth-order valence-corrected chi connectivity index (χ4v) is 3.58. The van der Waals surface area contributed by atoms with Crippen LogP contribution in [-0.4, -0.2) is 43.1 Å². The SMILES string of the molecule is CNc1cccc(F)c1CCC1CN[C@@H](CO)CCCSN1. The van der Waals surface area contributed by atoms with Crippen molar-refractivity contribution in [2.24, 2.45) is 0 Å². The van der Waals surface area contributed by atoms with E-state index in [1.807, 2.05) is 13.1 Å². The lowest BCUT2D eigenvalue weighted by Gasteiger charge is -2.21. The zero-order valence-electron chi connectivity index (χ0n) is 13.1. The smallest absolute Gasteiger partial charge is 0.128 e. The summed E-state index contributed by atoms with van der Waals surface area (Å²) in [6, 6.07) is 5.59. The van der Waals surface area contributed by atoms with E-state index < -0.39 is 0 Å². The van der Waals surface area contributed by atoms with Crippen molar-refractivity contribution < 1.29 is 9.50 Å². The number of nitrogens with one attached hydrogen (secondary N) is 3. The van der Waals surface area contributed by atoms with Crippen molar-refractivity contribution in [1.82, 2.24) is 10.0 Å². The molecule has 0 amide bonds. The number of rotatable bonds is 5. The third-order valence-electron chi connectivity index (χ3n) is 4.05. The predicted octanol–water partition coefficient (Wildman–Crippen LogP) is 2.15. The number of hydrogen-bond donors (Lipinski definition) is 4. The van der Waals surface area contributed by atoms with Crippen LogP contribution in [0, 0.1) is 5.82 Å². The average molecular weight is 327 g/mol. The van der Waals surface area contributed by atoms with E-state index in [9.17, 15) is 9.50 Å². The van der Waals surface area contributed by atoms with Crippen LogP contribution in [0.4, 0.5) is 10.1 Å². The molecule has 0 radical (unpaired) electrons. The zero-order valence-corrected chi connectivity index (χ0v) is 13.9. The Morgan fingerprint density at radius 3 is 3.05 bits per heavy atom. The highest BCUT2D eigenvalue weighted by atomic mass is 32.2. The molecule has 1 aliphatic rings. The maximum atomic E-state index is 14.0. The van der Waals surface area contributed by atoms with Gasteiger partial charge in [0.15, 0.2) is 0 Å². The Hall–Kier alpha value is -0.820. The number of halogens is 1. The first-order chi connectivity index (χ1) is 10.7. The van der Waals surface area contributed by atoms with Crippen LogP contribution in [0.25, 0.3) is 0 Å². The van der Waals surface area contributed by atoms with E-state index in [-0.39, 0.29) is 24.5 Å². The van der Waals surface area contributed by atoms with Crippen molar-refractivity contribution in [1.29, 1.82) is 0 Å². The molecule has 1 aliphatic heterocycles. The van der Waals surface area contributed by atoms with Gasteiger partial charge in [-0.3, -0.25) is 4.72 Å². The van der Waals surface area contributed by atoms with Gasteiger partial charge in [-0.1, -0.05) is 18.0 Å². The minimum atomic E-state index is -0.149. The maximum absolute atomic E-state index is 14.0. The molecule has 1 heterocycles. The molecular weight excluding hydrogens is 301 g/mol. The standard InChI is InChI=1S/C16H26FN3OS/c1-18-16-6-2-5-15(17)14(16)8-7-12-10-19-13(11-21)4-3-9-22-20-12/h2,5-6,12-13,18-21H,3-4,7-11H2,1H3/t12?,13-/m1/s1. The molecule has 2 rings (SSSR count). The fraction of sp³-hybridized carbons (Fsp3) is 0.625. The topological polar surface area (TPSA) is 56.3 Å². The summed E-state index contributed by atoms with van der Waals surface area (Å²) in [5.41, 5.74) is 1.60. The normalized spacial score (nSPS) is 23.4. The molecule has 0 bridgehead atoms. The van der Waals surface area contributed by atoms with E-state index in [0.29, 0.717) is 6.42 Å². The van der Waals surface area contributed by atoms with Crippen molar-refractivity contribution in [3.05, 3.63) is 29.6 Å². The Labute approximate surface area is 136 Å². The molecule has 0 aliphatic carbocycles. The van der Waals surface area contributed by atoms with E-state index >= 15 is 0 Å². The molecule has 124 valence electrons. The summed E-state index contributed by atoms with van der Waals surface area (Å²) in [6.07, 6.45) is 3.62. The van der Waals surface area contributed by atoms with Gasteiger partial charge >= 0.3 is 0 Å². The molecule has 1 unspecified atom stereocenters. The van der Waals surface area contributed by atoms with E-state index in [1.54, 1.807) is 18.0 Å².